The summed E-state index contributed by atoms with van der Waals surface area (Å²) >= 11 is 0. The molecule has 158 valence electrons. The van der Waals surface area contributed by atoms with E-state index in [0.29, 0.717) is 29.0 Å². The molecule has 1 aromatic heterocycles. The third-order valence-electron chi connectivity index (χ3n) is 6.29. The average molecular weight is 428 g/mol. The highest BCUT2D eigenvalue weighted by molar-refractivity contribution is 6.06. The molecule has 0 amide bonds. The predicted octanol–water partition coefficient (Wildman–Crippen LogP) is 7.19. The van der Waals surface area contributed by atoms with Crippen molar-refractivity contribution in [3.8, 4) is 11.3 Å². The van der Waals surface area contributed by atoms with Gasteiger partial charge in [-0.3, -0.25) is 0 Å². The zero-order chi connectivity index (χ0) is 22.4. The number of para-hydroxylation sites is 2. The molecule has 2 heterocycles. The van der Waals surface area contributed by atoms with Crippen LogP contribution in [0.2, 0.25) is 0 Å². The van der Waals surface area contributed by atoms with Crippen LogP contribution in [0.5, 0.6) is 0 Å². The van der Waals surface area contributed by atoms with E-state index in [1.54, 1.807) is 0 Å². The summed E-state index contributed by atoms with van der Waals surface area (Å²) in [7, 11) is 0. The lowest BCUT2D eigenvalue weighted by Crippen LogP contribution is -2.13. The Bertz CT molecular complexity index is 1550. The lowest BCUT2D eigenvalue weighted by atomic mass is 9.87. The molecule has 1 aliphatic rings. The molecular weight excluding hydrogens is 408 g/mol. The molecule has 4 nitrogen and oxygen atoms in total. The molecule has 4 aromatic carbocycles. The standard InChI is InChI=1S/C29H20N2O2/c32-30-25-17-9-7-15-22(25)19-24(28(30)20-11-3-1-4-12-20)27-23-16-8-10-18-26(23)31(33)29(27)21-13-5-2-6-14-21/h1-18H,19H2. The van der Waals surface area contributed by atoms with Crippen LogP contribution in [0, 0.1) is 10.1 Å². The fourth-order valence-electron chi connectivity index (χ4n) is 4.84. The summed E-state index contributed by atoms with van der Waals surface area (Å²) in [4.78, 5) is 13.8. The number of nitroso groups, excluding NO2 is 1. The Balaban J connectivity index is 1.75. The lowest BCUT2D eigenvalue weighted by Gasteiger charge is -2.19. The van der Waals surface area contributed by atoms with E-state index in [2.05, 4.69) is 0 Å². The van der Waals surface area contributed by atoms with Crippen LogP contribution in [0.3, 0.4) is 0 Å². The quantitative estimate of drug-likeness (QED) is 0.286. The number of fused-ring (bicyclic) bond motifs is 2. The van der Waals surface area contributed by atoms with Crippen LogP contribution >= 0.6 is 0 Å². The summed E-state index contributed by atoms with van der Waals surface area (Å²) in [5.41, 5.74) is 6.70. The van der Waals surface area contributed by atoms with Crippen molar-refractivity contribution >= 4 is 27.9 Å². The molecule has 0 spiro atoms. The number of rotatable bonds is 3. The van der Waals surface area contributed by atoms with Crippen LogP contribution in [-0.4, -0.2) is 9.49 Å². The van der Waals surface area contributed by atoms with Crippen molar-refractivity contribution in [1.29, 1.82) is 0 Å². The van der Waals surface area contributed by atoms with Crippen molar-refractivity contribution in [2.75, 3.05) is 0 Å². The fourth-order valence-corrected chi connectivity index (χ4v) is 4.84. The molecule has 0 N–H and O–H groups in total. The van der Waals surface area contributed by atoms with E-state index in [9.17, 15) is 10.1 Å². The molecule has 1 aliphatic heterocycles. The molecule has 4 heteroatoms. The second kappa shape index (κ2) is 7.61. The van der Waals surface area contributed by atoms with Crippen LogP contribution in [0.4, 0.5) is 5.69 Å². The largest absolute Gasteiger partial charge is 0.805 e. The van der Waals surface area contributed by atoms with Gasteiger partial charge < -0.3 is 9.94 Å². The van der Waals surface area contributed by atoms with Gasteiger partial charge in [-0.1, -0.05) is 84.9 Å². The van der Waals surface area contributed by atoms with Gasteiger partial charge in [0.2, 0.25) is 0 Å². The van der Waals surface area contributed by atoms with Crippen molar-refractivity contribution in [1.82, 2.24) is 4.73 Å². The first-order chi connectivity index (χ1) is 16.2. The van der Waals surface area contributed by atoms with Gasteiger partial charge in [-0.05, 0) is 23.8 Å². The van der Waals surface area contributed by atoms with E-state index in [1.165, 1.54) is 0 Å². The van der Waals surface area contributed by atoms with Gasteiger partial charge >= 0.3 is 0 Å². The molecule has 33 heavy (non-hydrogen) atoms. The lowest BCUT2D eigenvalue weighted by molar-refractivity contribution is -0.358. The summed E-state index contributed by atoms with van der Waals surface area (Å²) in [6.45, 7) is 0. The summed E-state index contributed by atoms with van der Waals surface area (Å²) in [5, 5.41) is 14.4. The minimum Gasteiger partial charge on any atom is -0.805 e. The minimum atomic E-state index is 0.562. The van der Waals surface area contributed by atoms with Crippen molar-refractivity contribution in [3.05, 3.63) is 136 Å². The van der Waals surface area contributed by atoms with Gasteiger partial charge in [-0.2, -0.15) is 0 Å². The zero-order valence-electron chi connectivity index (χ0n) is 17.8. The van der Waals surface area contributed by atoms with E-state index in [1.807, 2.05) is 109 Å². The Labute approximate surface area is 191 Å². The minimum absolute atomic E-state index is 0.562. The molecule has 5 aromatic rings. The molecule has 0 radical (unpaired) electrons. The Kier molecular flexibility index (Phi) is 4.44. The first kappa shape index (κ1) is 19.3. The molecule has 0 bridgehead atoms. The summed E-state index contributed by atoms with van der Waals surface area (Å²) < 4.78 is 2.03. The smallest absolute Gasteiger partial charge is 0.274 e. The molecule has 6 rings (SSSR count). The molecule has 0 saturated heterocycles. The van der Waals surface area contributed by atoms with E-state index in [0.717, 1.165) is 42.7 Å². The Morgan fingerprint density at radius 1 is 0.697 bits per heavy atom. The van der Waals surface area contributed by atoms with E-state index in [-0.39, 0.29) is 0 Å². The first-order valence-electron chi connectivity index (χ1n) is 10.9. The number of hydrogen-bond donors (Lipinski definition) is 0. The van der Waals surface area contributed by atoms with Gasteiger partial charge in [0.1, 0.15) is 0 Å². The summed E-state index contributed by atoms with van der Waals surface area (Å²) in [6.07, 6.45) is 0.562. The maximum atomic E-state index is 13.8. The monoisotopic (exact) mass is 428 g/mol. The maximum absolute atomic E-state index is 13.8. The maximum Gasteiger partial charge on any atom is 0.274 e. The summed E-state index contributed by atoms with van der Waals surface area (Å²) in [5.74, 6) is 0. The third kappa shape index (κ3) is 2.99. The topological polar surface area (TPSA) is 48.1 Å². The van der Waals surface area contributed by atoms with Gasteiger partial charge in [-0.15, -0.1) is 0 Å². The van der Waals surface area contributed by atoms with Crippen LogP contribution in [-0.2, 0) is 6.42 Å². The molecule has 0 aliphatic carbocycles. The molecule has 0 fully saturated rings. The number of aromatic nitrogens is 1. The van der Waals surface area contributed by atoms with Gasteiger partial charge in [0.15, 0.2) is 0 Å². The van der Waals surface area contributed by atoms with E-state index in [4.69, 9.17) is 0 Å². The van der Waals surface area contributed by atoms with Crippen LogP contribution < -0.4 is 0 Å². The third-order valence-corrected chi connectivity index (χ3v) is 6.29. The van der Waals surface area contributed by atoms with E-state index < -0.39 is 0 Å². The average Bonchev–Trinajstić information content (AvgIpc) is 3.17. The molecule has 0 unspecified atom stereocenters. The molecule has 0 atom stereocenters. The van der Waals surface area contributed by atoms with E-state index >= 15 is 0 Å². The van der Waals surface area contributed by atoms with Crippen molar-refractivity contribution < 1.29 is 4.76 Å². The van der Waals surface area contributed by atoms with Crippen LogP contribution in [0.15, 0.2) is 109 Å². The number of benzene rings is 4. The fraction of sp³-hybridized carbons (Fsp3) is 0.0345. The molecular formula is C29H20N2O2. The predicted molar refractivity (Wildman–Crippen MR) is 133 cm³/mol. The highest BCUT2D eigenvalue weighted by atomic mass is 16.5. The SMILES string of the molecule is O=[N+]1C(c2ccccc2)=C(c2c(-c3ccccc3)n([O-])c3ccccc23)Cc2ccccc21. The Morgan fingerprint density at radius 2 is 1.30 bits per heavy atom. The highest BCUT2D eigenvalue weighted by Crippen LogP contribution is 2.46. The molecule has 0 saturated carbocycles. The normalized spacial score (nSPS) is 13.4. The van der Waals surface area contributed by atoms with Crippen molar-refractivity contribution in [2.24, 2.45) is 0 Å². The van der Waals surface area contributed by atoms with Gasteiger partial charge in [0.25, 0.3) is 11.4 Å². The van der Waals surface area contributed by atoms with Gasteiger partial charge in [0.05, 0.1) is 16.0 Å². The number of allylic oxidation sites excluding steroid dienone is 1. The van der Waals surface area contributed by atoms with Gasteiger partial charge in [0, 0.05) is 45.0 Å². The second-order valence-corrected chi connectivity index (χ2v) is 8.19. The second-order valence-electron chi connectivity index (χ2n) is 8.19. The van der Waals surface area contributed by atoms with Crippen molar-refractivity contribution in [3.63, 3.8) is 0 Å². The van der Waals surface area contributed by atoms with Crippen LogP contribution in [0.1, 0.15) is 16.7 Å². The first-order valence-corrected chi connectivity index (χ1v) is 10.9. The Hall–Kier alpha value is -4.44. The number of nitrogens with zero attached hydrogens (tertiary/aromatic N) is 2. The zero-order valence-corrected chi connectivity index (χ0v) is 17.8. The highest BCUT2D eigenvalue weighted by Gasteiger charge is 2.37. The number of hydrogen-bond acceptors (Lipinski definition) is 2. The summed E-state index contributed by atoms with van der Waals surface area (Å²) in [6, 6.07) is 34.7. The van der Waals surface area contributed by atoms with Crippen LogP contribution in [0.25, 0.3) is 33.4 Å². The van der Waals surface area contributed by atoms with Crippen molar-refractivity contribution in [2.45, 2.75) is 6.42 Å². The Morgan fingerprint density at radius 3 is 2.06 bits per heavy atom. The van der Waals surface area contributed by atoms with Gasteiger partial charge in [-0.25, -0.2) is 0 Å².